The summed E-state index contributed by atoms with van der Waals surface area (Å²) in [5.41, 5.74) is 1.90. The van der Waals surface area contributed by atoms with Crippen molar-refractivity contribution in [2.45, 2.75) is 48.3 Å². The van der Waals surface area contributed by atoms with Gasteiger partial charge in [0.25, 0.3) is 0 Å². The number of nitrogens with zero attached hydrogens (tertiary/aromatic N) is 2. The van der Waals surface area contributed by atoms with Crippen molar-refractivity contribution in [1.29, 1.82) is 0 Å². The van der Waals surface area contributed by atoms with Crippen molar-refractivity contribution < 1.29 is 4.79 Å². The Labute approximate surface area is 151 Å². The van der Waals surface area contributed by atoms with Gasteiger partial charge in [-0.15, -0.1) is 11.3 Å². The van der Waals surface area contributed by atoms with E-state index in [2.05, 4.69) is 15.7 Å². The predicted octanol–water partition coefficient (Wildman–Crippen LogP) is 5.40. The van der Waals surface area contributed by atoms with Crippen LogP contribution in [0.3, 0.4) is 0 Å². The van der Waals surface area contributed by atoms with E-state index in [4.69, 9.17) is 0 Å². The number of amides is 2. The maximum Gasteiger partial charge on any atom is 0.321 e. The standard InChI is InChI=1S/C18H23N3OS2/c1-14-13-23-18(19-14)24-16-9-7-15(8-10-16)20-17(22)21-11-5-3-2-4-6-12-21/h7-10,13H,2-6,11-12H2,1H3,(H,20,22). The molecule has 2 aromatic rings. The van der Waals surface area contributed by atoms with E-state index in [0.717, 1.165) is 46.5 Å². The number of aryl methyl sites for hydroxylation is 1. The third-order valence-corrected chi connectivity index (χ3v) is 6.12. The Morgan fingerprint density at radius 3 is 2.42 bits per heavy atom. The second kappa shape index (κ2) is 8.53. The summed E-state index contributed by atoms with van der Waals surface area (Å²) in [5.74, 6) is 0. The minimum atomic E-state index is 0.0212. The number of likely N-dealkylation sites (tertiary alicyclic amines) is 1. The van der Waals surface area contributed by atoms with E-state index in [9.17, 15) is 4.79 Å². The van der Waals surface area contributed by atoms with Gasteiger partial charge in [-0.05, 0) is 44.0 Å². The minimum Gasteiger partial charge on any atom is -0.325 e. The van der Waals surface area contributed by atoms with Crippen molar-refractivity contribution in [1.82, 2.24) is 9.88 Å². The second-order valence-electron chi connectivity index (χ2n) is 6.07. The summed E-state index contributed by atoms with van der Waals surface area (Å²) in [7, 11) is 0. The monoisotopic (exact) mass is 361 g/mol. The zero-order valence-corrected chi connectivity index (χ0v) is 15.6. The minimum absolute atomic E-state index is 0.0212. The molecule has 2 heterocycles. The molecule has 24 heavy (non-hydrogen) atoms. The van der Waals surface area contributed by atoms with E-state index >= 15 is 0 Å². The number of benzene rings is 1. The largest absolute Gasteiger partial charge is 0.325 e. The van der Waals surface area contributed by atoms with Gasteiger partial charge in [0.05, 0.1) is 0 Å². The summed E-state index contributed by atoms with van der Waals surface area (Å²) < 4.78 is 1.05. The molecule has 1 aromatic heterocycles. The first-order valence-electron chi connectivity index (χ1n) is 8.47. The van der Waals surface area contributed by atoms with Crippen LogP contribution >= 0.6 is 23.1 Å². The molecule has 0 spiro atoms. The number of thiazole rings is 1. The predicted molar refractivity (Wildman–Crippen MR) is 101 cm³/mol. The van der Waals surface area contributed by atoms with Crippen molar-refractivity contribution in [3.8, 4) is 0 Å². The Hall–Kier alpha value is -1.53. The highest BCUT2D eigenvalue weighted by Gasteiger charge is 2.14. The summed E-state index contributed by atoms with van der Waals surface area (Å²) >= 11 is 3.31. The fourth-order valence-electron chi connectivity index (χ4n) is 2.74. The Morgan fingerprint density at radius 2 is 1.79 bits per heavy atom. The third kappa shape index (κ3) is 4.98. The molecule has 0 aliphatic carbocycles. The van der Waals surface area contributed by atoms with Crippen molar-refractivity contribution in [3.63, 3.8) is 0 Å². The Balaban J connectivity index is 1.55. The van der Waals surface area contributed by atoms with Gasteiger partial charge in [-0.1, -0.05) is 31.0 Å². The number of carbonyl (C=O) groups excluding carboxylic acids is 1. The van der Waals surface area contributed by atoms with Gasteiger partial charge in [-0.25, -0.2) is 9.78 Å². The Morgan fingerprint density at radius 1 is 1.12 bits per heavy atom. The topological polar surface area (TPSA) is 45.2 Å². The van der Waals surface area contributed by atoms with E-state index in [1.807, 2.05) is 36.1 Å². The number of aromatic nitrogens is 1. The van der Waals surface area contributed by atoms with Gasteiger partial charge in [0.1, 0.15) is 0 Å². The quantitative estimate of drug-likeness (QED) is 0.796. The van der Waals surface area contributed by atoms with Crippen LogP contribution < -0.4 is 5.32 Å². The summed E-state index contributed by atoms with van der Waals surface area (Å²) in [5, 5.41) is 5.08. The lowest BCUT2D eigenvalue weighted by Crippen LogP contribution is -2.37. The molecule has 0 atom stereocenters. The highest BCUT2D eigenvalue weighted by atomic mass is 32.2. The maximum absolute atomic E-state index is 12.4. The molecule has 1 aliphatic rings. The fraction of sp³-hybridized carbons (Fsp3) is 0.444. The number of nitrogens with one attached hydrogen (secondary N) is 1. The van der Waals surface area contributed by atoms with E-state index in [-0.39, 0.29) is 6.03 Å². The molecule has 1 aromatic carbocycles. The van der Waals surface area contributed by atoms with E-state index in [0.29, 0.717) is 0 Å². The van der Waals surface area contributed by atoms with Gasteiger partial charge in [0.2, 0.25) is 0 Å². The van der Waals surface area contributed by atoms with Crippen molar-refractivity contribution in [2.24, 2.45) is 0 Å². The number of anilines is 1. The van der Waals surface area contributed by atoms with Crippen LogP contribution in [0.25, 0.3) is 0 Å². The first-order chi connectivity index (χ1) is 11.7. The lowest BCUT2D eigenvalue weighted by atomic mass is 10.1. The molecule has 6 heteroatoms. The van der Waals surface area contributed by atoms with Gasteiger partial charge in [0, 0.05) is 34.7 Å². The van der Waals surface area contributed by atoms with Gasteiger partial charge >= 0.3 is 6.03 Å². The van der Waals surface area contributed by atoms with E-state index < -0.39 is 0 Å². The Bertz CT molecular complexity index is 661. The van der Waals surface area contributed by atoms with E-state index in [1.165, 1.54) is 19.3 Å². The number of hydrogen-bond acceptors (Lipinski definition) is 4. The molecule has 1 saturated heterocycles. The summed E-state index contributed by atoms with van der Waals surface area (Å²) in [6, 6.07) is 8.01. The maximum atomic E-state index is 12.4. The first-order valence-corrected chi connectivity index (χ1v) is 10.2. The molecule has 0 radical (unpaired) electrons. The molecule has 1 N–H and O–H groups in total. The molecule has 0 saturated carbocycles. The SMILES string of the molecule is Cc1csc(Sc2ccc(NC(=O)N3CCCCCCC3)cc2)n1. The highest BCUT2D eigenvalue weighted by Crippen LogP contribution is 2.30. The molecule has 1 aliphatic heterocycles. The second-order valence-corrected chi connectivity index (χ2v) is 8.24. The van der Waals surface area contributed by atoms with Crippen molar-refractivity contribution in [2.75, 3.05) is 18.4 Å². The van der Waals surface area contributed by atoms with Gasteiger partial charge in [-0.2, -0.15) is 0 Å². The van der Waals surface area contributed by atoms with Crippen LogP contribution in [0.15, 0.2) is 38.9 Å². The average molecular weight is 362 g/mol. The van der Waals surface area contributed by atoms with Crippen molar-refractivity contribution in [3.05, 3.63) is 35.3 Å². The number of carbonyl (C=O) groups is 1. The van der Waals surface area contributed by atoms with Gasteiger partial charge in [0.15, 0.2) is 4.34 Å². The molecule has 1 fully saturated rings. The molecular formula is C18H23N3OS2. The lowest BCUT2D eigenvalue weighted by molar-refractivity contribution is 0.206. The van der Waals surface area contributed by atoms with Crippen LogP contribution in [0.2, 0.25) is 0 Å². The molecule has 0 unspecified atom stereocenters. The molecule has 0 bridgehead atoms. The van der Waals surface area contributed by atoms with Gasteiger partial charge < -0.3 is 10.2 Å². The number of rotatable bonds is 3. The summed E-state index contributed by atoms with van der Waals surface area (Å²) in [6.45, 7) is 3.73. The number of hydrogen-bond donors (Lipinski definition) is 1. The zero-order chi connectivity index (χ0) is 16.8. The van der Waals surface area contributed by atoms with Crippen LogP contribution in [-0.4, -0.2) is 29.0 Å². The first kappa shape index (κ1) is 17.3. The summed E-state index contributed by atoms with van der Waals surface area (Å²) in [6.07, 6.45) is 5.97. The molecule has 3 rings (SSSR count). The zero-order valence-electron chi connectivity index (χ0n) is 14.0. The smallest absolute Gasteiger partial charge is 0.321 e. The van der Waals surface area contributed by atoms with Gasteiger partial charge in [-0.3, -0.25) is 0 Å². The Kier molecular flexibility index (Phi) is 6.15. The van der Waals surface area contributed by atoms with Crippen LogP contribution in [0, 0.1) is 6.92 Å². The fourth-order valence-corrected chi connectivity index (χ4v) is 4.55. The van der Waals surface area contributed by atoms with Crippen LogP contribution in [0.1, 0.15) is 37.8 Å². The third-order valence-electron chi connectivity index (χ3n) is 4.05. The van der Waals surface area contributed by atoms with Crippen LogP contribution in [-0.2, 0) is 0 Å². The average Bonchev–Trinajstić information content (AvgIpc) is 2.94. The number of urea groups is 1. The molecule has 2 amide bonds. The van der Waals surface area contributed by atoms with E-state index in [1.54, 1.807) is 23.1 Å². The molecule has 128 valence electrons. The molecular weight excluding hydrogens is 338 g/mol. The normalized spacial score (nSPS) is 15.6. The summed E-state index contributed by atoms with van der Waals surface area (Å²) in [4.78, 5) is 19.9. The highest BCUT2D eigenvalue weighted by molar-refractivity contribution is 8.01. The molecule has 4 nitrogen and oxygen atoms in total. The van der Waals surface area contributed by atoms with Crippen molar-refractivity contribution >= 4 is 34.8 Å². The lowest BCUT2D eigenvalue weighted by Gasteiger charge is -2.25. The van der Waals surface area contributed by atoms with Crippen LogP contribution in [0.5, 0.6) is 0 Å². The van der Waals surface area contributed by atoms with Crippen LogP contribution in [0.4, 0.5) is 10.5 Å².